The Balaban J connectivity index is 1.36. The van der Waals surface area contributed by atoms with E-state index in [1.807, 2.05) is 116 Å². The van der Waals surface area contributed by atoms with Crippen molar-refractivity contribution >= 4 is 32.7 Å². The van der Waals surface area contributed by atoms with Gasteiger partial charge in [-0.05, 0) is 23.6 Å². The maximum Gasteiger partial charge on any atom is 0.164 e. The maximum atomic E-state index is 6.30. The topological polar surface area (TPSA) is 77.6 Å². The van der Waals surface area contributed by atoms with E-state index in [2.05, 4.69) is 12.1 Å². The minimum Gasteiger partial charge on any atom is -0.454 e. The predicted molar refractivity (Wildman–Crippen MR) is 162 cm³/mol. The van der Waals surface area contributed by atoms with E-state index in [9.17, 15) is 0 Å². The number of pyridine rings is 2. The fourth-order valence-corrected chi connectivity index (χ4v) is 5.34. The lowest BCUT2D eigenvalue weighted by Crippen LogP contribution is -2.00. The van der Waals surface area contributed by atoms with Crippen molar-refractivity contribution in [2.45, 2.75) is 0 Å². The van der Waals surface area contributed by atoms with E-state index in [-0.39, 0.29) is 0 Å². The molecule has 0 aliphatic carbocycles. The highest BCUT2D eigenvalue weighted by Gasteiger charge is 2.19. The average molecular weight is 528 g/mol. The second kappa shape index (κ2) is 9.47. The molecule has 0 atom stereocenters. The summed E-state index contributed by atoms with van der Waals surface area (Å²) in [6.07, 6.45) is 3.62. The molecule has 0 fully saturated rings. The summed E-state index contributed by atoms with van der Waals surface area (Å²) >= 11 is 0. The van der Waals surface area contributed by atoms with Crippen LogP contribution in [-0.2, 0) is 0 Å². The molecule has 0 saturated carbocycles. The molecule has 192 valence electrons. The highest BCUT2D eigenvalue weighted by atomic mass is 16.3. The van der Waals surface area contributed by atoms with Crippen molar-refractivity contribution in [3.63, 3.8) is 0 Å². The first-order valence-corrected chi connectivity index (χ1v) is 13.4. The third-order valence-corrected chi connectivity index (χ3v) is 7.26. The largest absolute Gasteiger partial charge is 0.454 e. The molecule has 8 aromatic rings. The van der Waals surface area contributed by atoms with Gasteiger partial charge in [0.2, 0.25) is 0 Å². The Morgan fingerprint density at radius 1 is 0.415 bits per heavy atom. The lowest BCUT2D eigenvalue weighted by Gasteiger charge is -2.11. The van der Waals surface area contributed by atoms with Gasteiger partial charge in [-0.1, -0.05) is 97.1 Å². The van der Waals surface area contributed by atoms with Gasteiger partial charge in [-0.25, -0.2) is 15.0 Å². The summed E-state index contributed by atoms with van der Waals surface area (Å²) < 4.78 is 6.30. The van der Waals surface area contributed by atoms with Gasteiger partial charge >= 0.3 is 0 Å². The number of hydrogen-bond acceptors (Lipinski definition) is 6. The number of benzene rings is 4. The molecule has 0 aliphatic heterocycles. The molecular weight excluding hydrogens is 506 g/mol. The predicted octanol–water partition coefficient (Wildman–Crippen LogP) is 8.38. The van der Waals surface area contributed by atoms with E-state index >= 15 is 0 Å². The van der Waals surface area contributed by atoms with E-state index in [4.69, 9.17) is 29.3 Å². The van der Waals surface area contributed by atoms with Gasteiger partial charge in [0.25, 0.3) is 0 Å². The Labute approximate surface area is 235 Å². The molecule has 0 N–H and O–H groups in total. The van der Waals surface area contributed by atoms with Crippen LogP contribution >= 0.6 is 0 Å². The van der Waals surface area contributed by atoms with Crippen LogP contribution in [0.5, 0.6) is 0 Å². The van der Waals surface area contributed by atoms with Gasteiger partial charge in [0.05, 0.1) is 0 Å². The second-order valence-corrected chi connectivity index (χ2v) is 9.73. The summed E-state index contributed by atoms with van der Waals surface area (Å²) in [6.45, 7) is 0. The zero-order valence-electron chi connectivity index (χ0n) is 21.8. The normalized spacial score (nSPS) is 11.4. The molecule has 0 unspecified atom stereocenters. The SMILES string of the molecule is c1ccc(-c2nc(-c3ccccc3)nc(-c3cccc4c(-c5nccc6c5oc5ccccc56)nccc34)n2)cc1. The van der Waals surface area contributed by atoms with E-state index < -0.39 is 0 Å². The fourth-order valence-electron chi connectivity index (χ4n) is 5.34. The molecule has 4 aromatic carbocycles. The zero-order valence-corrected chi connectivity index (χ0v) is 21.8. The summed E-state index contributed by atoms with van der Waals surface area (Å²) in [5.41, 5.74) is 5.73. The van der Waals surface area contributed by atoms with Gasteiger partial charge in [-0.15, -0.1) is 0 Å². The van der Waals surface area contributed by atoms with Crippen LogP contribution in [0.3, 0.4) is 0 Å². The molecule has 0 bridgehead atoms. The Bertz CT molecular complexity index is 2150. The fraction of sp³-hybridized carbons (Fsp3) is 0. The van der Waals surface area contributed by atoms with Crippen molar-refractivity contribution < 1.29 is 4.42 Å². The highest BCUT2D eigenvalue weighted by Crippen LogP contribution is 2.38. The molecule has 6 heteroatoms. The minimum atomic E-state index is 0.593. The number of para-hydroxylation sites is 1. The van der Waals surface area contributed by atoms with E-state index in [0.29, 0.717) is 23.2 Å². The maximum absolute atomic E-state index is 6.30. The molecule has 0 saturated heterocycles. The molecule has 0 radical (unpaired) electrons. The summed E-state index contributed by atoms with van der Waals surface area (Å²) in [5, 5.41) is 3.97. The van der Waals surface area contributed by atoms with Crippen LogP contribution in [0.1, 0.15) is 0 Å². The van der Waals surface area contributed by atoms with Crippen LogP contribution in [0.4, 0.5) is 0 Å². The van der Waals surface area contributed by atoms with Crippen molar-refractivity contribution in [1.82, 2.24) is 24.9 Å². The first-order chi connectivity index (χ1) is 20.3. The number of nitrogens with zero attached hydrogens (tertiary/aromatic N) is 5. The number of furan rings is 1. The van der Waals surface area contributed by atoms with Gasteiger partial charge in [0.1, 0.15) is 17.0 Å². The van der Waals surface area contributed by atoms with Gasteiger partial charge < -0.3 is 4.42 Å². The smallest absolute Gasteiger partial charge is 0.164 e. The van der Waals surface area contributed by atoms with Crippen LogP contribution in [0, 0.1) is 0 Å². The third-order valence-electron chi connectivity index (χ3n) is 7.26. The first-order valence-electron chi connectivity index (χ1n) is 13.4. The molecule has 0 amide bonds. The highest BCUT2D eigenvalue weighted by molar-refractivity contribution is 6.11. The van der Waals surface area contributed by atoms with Gasteiger partial charge in [0, 0.05) is 45.2 Å². The van der Waals surface area contributed by atoms with Gasteiger partial charge in [-0.3, -0.25) is 9.97 Å². The number of rotatable bonds is 4. The molecule has 4 heterocycles. The lowest BCUT2D eigenvalue weighted by molar-refractivity contribution is 0.668. The zero-order chi connectivity index (χ0) is 27.2. The standard InChI is InChI=1S/C35H21N5O/c1-3-10-22(11-4-1)33-38-34(23-12-5-2-6-13-23)40-35(39-33)28-16-9-15-26-24(28)18-20-36-30(26)31-32-27(19-21-37-31)25-14-7-8-17-29(25)41-32/h1-21H. The summed E-state index contributed by atoms with van der Waals surface area (Å²) in [6, 6.07) is 38.1. The third kappa shape index (κ3) is 3.93. The van der Waals surface area contributed by atoms with Crippen LogP contribution < -0.4 is 0 Å². The van der Waals surface area contributed by atoms with Crippen molar-refractivity contribution in [2.75, 3.05) is 0 Å². The van der Waals surface area contributed by atoms with E-state index in [1.54, 1.807) is 0 Å². The quantitative estimate of drug-likeness (QED) is 0.229. The van der Waals surface area contributed by atoms with Crippen LogP contribution in [0.25, 0.3) is 78.3 Å². The van der Waals surface area contributed by atoms with E-state index in [1.165, 1.54) is 0 Å². The Kier molecular flexibility index (Phi) is 5.35. The Morgan fingerprint density at radius 3 is 1.73 bits per heavy atom. The second-order valence-electron chi connectivity index (χ2n) is 9.73. The van der Waals surface area contributed by atoms with Crippen LogP contribution in [-0.4, -0.2) is 24.9 Å². The first kappa shape index (κ1) is 23.2. The van der Waals surface area contributed by atoms with Crippen LogP contribution in [0.2, 0.25) is 0 Å². The summed E-state index contributed by atoms with van der Waals surface area (Å²) in [7, 11) is 0. The average Bonchev–Trinajstić information content (AvgIpc) is 3.44. The molecule has 6 nitrogen and oxygen atoms in total. The van der Waals surface area contributed by atoms with Crippen molar-refractivity contribution in [1.29, 1.82) is 0 Å². The molecule has 0 aliphatic rings. The van der Waals surface area contributed by atoms with Gasteiger partial charge in [0.15, 0.2) is 23.1 Å². The Morgan fingerprint density at radius 2 is 1.00 bits per heavy atom. The van der Waals surface area contributed by atoms with Gasteiger partial charge in [-0.2, -0.15) is 0 Å². The molecule has 8 rings (SSSR count). The van der Waals surface area contributed by atoms with Crippen molar-refractivity contribution in [2.24, 2.45) is 0 Å². The number of fused-ring (bicyclic) bond motifs is 4. The van der Waals surface area contributed by atoms with E-state index in [0.717, 1.165) is 55.1 Å². The number of hydrogen-bond donors (Lipinski definition) is 0. The number of aromatic nitrogens is 5. The van der Waals surface area contributed by atoms with Crippen molar-refractivity contribution in [3.05, 3.63) is 128 Å². The molecule has 0 spiro atoms. The monoisotopic (exact) mass is 527 g/mol. The molecule has 41 heavy (non-hydrogen) atoms. The Hall–Kier alpha value is -5.75. The van der Waals surface area contributed by atoms with Crippen LogP contribution in [0.15, 0.2) is 132 Å². The summed E-state index contributed by atoms with van der Waals surface area (Å²) in [4.78, 5) is 24.3. The minimum absolute atomic E-state index is 0.593. The lowest BCUT2D eigenvalue weighted by atomic mass is 10.0. The van der Waals surface area contributed by atoms with Crippen molar-refractivity contribution in [3.8, 4) is 45.6 Å². The summed E-state index contributed by atoms with van der Waals surface area (Å²) in [5.74, 6) is 1.83. The molecule has 4 aromatic heterocycles. The molecular formula is C35H21N5O.